The van der Waals surface area contributed by atoms with Gasteiger partial charge in [0.05, 0.1) is 13.7 Å². The number of aryl methyl sites for hydroxylation is 3. The Morgan fingerprint density at radius 3 is 2.23 bits per heavy atom. The van der Waals surface area contributed by atoms with Crippen molar-refractivity contribution in [2.24, 2.45) is 0 Å². The molecule has 3 aromatic carbocycles. The number of hydrogen-bond donors (Lipinski definition) is 2. The molecule has 184 valence electrons. The molecule has 0 unspecified atom stereocenters. The Kier molecular flexibility index (Phi) is 8.71. The van der Waals surface area contributed by atoms with E-state index in [1.165, 1.54) is 12.7 Å². The molecule has 0 aliphatic heterocycles. The zero-order valence-corrected chi connectivity index (χ0v) is 21.9. The number of Topliss-reactive ketones (excluding diaryl/α,β-unsaturated/α-hetero) is 1. The summed E-state index contributed by atoms with van der Waals surface area (Å²) >= 11 is 6.18. The minimum absolute atomic E-state index is 0.0511. The van der Waals surface area contributed by atoms with Gasteiger partial charge in [-0.3, -0.25) is 14.9 Å². The van der Waals surface area contributed by atoms with Crippen LogP contribution in [0.5, 0.6) is 0 Å². The van der Waals surface area contributed by atoms with Crippen LogP contribution < -0.4 is 10.6 Å². The zero-order chi connectivity index (χ0) is 25.7. The van der Waals surface area contributed by atoms with Gasteiger partial charge in [0.1, 0.15) is 6.04 Å². The Hall–Kier alpha value is -3.15. The van der Waals surface area contributed by atoms with Crippen molar-refractivity contribution in [3.8, 4) is 11.1 Å². The highest BCUT2D eigenvalue weighted by molar-refractivity contribution is 6.31. The molecule has 0 aliphatic carbocycles. The summed E-state index contributed by atoms with van der Waals surface area (Å²) in [6.45, 7) is 9.77. The van der Waals surface area contributed by atoms with Gasteiger partial charge in [-0.05, 0) is 86.2 Å². The molecule has 35 heavy (non-hydrogen) atoms. The topological polar surface area (TPSA) is 67.4 Å². The molecule has 0 radical (unpaired) electrons. The van der Waals surface area contributed by atoms with Crippen molar-refractivity contribution in [2.75, 3.05) is 19.0 Å². The van der Waals surface area contributed by atoms with Crippen LogP contribution in [0.4, 0.5) is 5.69 Å². The van der Waals surface area contributed by atoms with Gasteiger partial charge in [-0.1, -0.05) is 48.0 Å². The molecule has 0 aliphatic rings. The Labute approximate surface area is 212 Å². The van der Waals surface area contributed by atoms with Gasteiger partial charge >= 0.3 is 5.97 Å². The van der Waals surface area contributed by atoms with Crippen LogP contribution >= 0.6 is 11.6 Å². The lowest BCUT2D eigenvalue weighted by Crippen LogP contribution is -2.38. The first-order chi connectivity index (χ1) is 16.6. The quantitative estimate of drug-likeness (QED) is 0.266. The Balaban J connectivity index is 1.78. The molecule has 3 rings (SSSR count). The third-order valence-corrected chi connectivity index (χ3v) is 6.62. The summed E-state index contributed by atoms with van der Waals surface area (Å²) in [5, 5.41) is 7.28. The van der Waals surface area contributed by atoms with Crippen molar-refractivity contribution >= 4 is 29.0 Å². The fraction of sp³-hybridized carbons (Fsp3) is 0.310. The number of carbonyl (C=O) groups is 2. The van der Waals surface area contributed by atoms with E-state index in [2.05, 4.69) is 41.8 Å². The monoisotopic (exact) mass is 492 g/mol. The van der Waals surface area contributed by atoms with Crippen LogP contribution in [0, 0.1) is 20.8 Å². The van der Waals surface area contributed by atoms with E-state index in [1.54, 1.807) is 6.92 Å². The lowest BCUT2D eigenvalue weighted by atomic mass is 9.93. The summed E-state index contributed by atoms with van der Waals surface area (Å²) in [6.07, 6.45) is 0. The number of esters is 1. The molecule has 2 N–H and O–H groups in total. The maximum atomic E-state index is 12.9. The van der Waals surface area contributed by atoms with E-state index in [0.29, 0.717) is 5.56 Å². The smallest absolute Gasteiger partial charge is 0.322 e. The van der Waals surface area contributed by atoms with Crippen molar-refractivity contribution in [1.82, 2.24) is 5.32 Å². The van der Waals surface area contributed by atoms with Gasteiger partial charge in [0, 0.05) is 22.3 Å². The maximum Gasteiger partial charge on any atom is 0.322 e. The second-order valence-corrected chi connectivity index (χ2v) is 9.40. The molecule has 0 fully saturated rings. The molecule has 0 heterocycles. The predicted molar refractivity (Wildman–Crippen MR) is 143 cm³/mol. The number of nitrogens with one attached hydrogen (secondary N) is 2. The number of methoxy groups -OCH3 is 1. The summed E-state index contributed by atoms with van der Waals surface area (Å²) in [7, 11) is 1.33. The van der Waals surface area contributed by atoms with Gasteiger partial charge < -0.3 is 10.1 Å². The van der Waals surface area contributed by atoms with Crippen LogP contribution in [0.15, 0.2) is 54.6 Å². The number of ketones is 1. The SMILES string of the molecule is COC(=O)[C@H](C)NCC(=O)c1c(C)cc(-c2cccc(N[C@H](C)c3ccc(Cl)c(C)c3)c2)cc1C. The minimum atomic E-state index is -0.543. The molecular weight excluding hydrogens is 460 g/mol. The van der Waals surface area contributed by atoms with Crippen LogP contribution in [0.3, 0.4) is 0 Å². The first kappa shape index (κ1) is 26.5. The minimum Gasteiger partial charge on any atom is -0.468 e. The zero-order valence-electron chi connectivity index (χ0n) is 21.2. The second-order valence-electron chi connectivity index (χ2n) is 8.99. The fourth-order valence-electron chi connectivity index (χ4n) is 4.22. The largest absolute Gasteiger partial charge is 0.468 e. The van der Waals surface area contributed by atoms with Gasteiger partial charge in [0.2, 0.25) is 0 Å². The molecule has 0 saturated heterocycles. The number of benzene rings is 3. The Morgan fingerprint density at radius 2 is 1.60 bits per heavy atom. The maximum absolute atomic E-state index is 12.9. The molecule has 5 nitrogen and oxygen atoms in total. The normalized spacial score (nSPS) is 12.7. The number of anilines is 1. The number of halogens is 1. The average Bonchev–Trinajstić information content (AvgIpc) is 2.83. The Bertz CT molecular complexity index is 1220. The van der Waals surface area contributed by atoms with Crippen LogP contribution in [-0.2, 0) is 9.53 Å². The molecule has 0 saturated carbocycles. The summed E-state index contributed by atoms with van der Waals surface area (Å²) in [5.41, 5.74) is 7.84. The number of ether oxygens (including phenoxy) is 1. The molecule has 6 heteroatoms. The van der Waals surface area contributed by atoms with E-state index < -0.39 is 12.0 Å². The molecule has 0 bridgehead atoms. The van der Waals surface area contributed by atoms with Gasteiger partial charge in [-0.2, -0.15) is 0 Å². The summed E-state index contributed by atoms with van der Waals surface area (Å²) in [4.78, 5) is 24.5. The van der Waals surface area contributed by atoms with E-state index in [1.807, 2.05) is 51.1 Å². The lowest BCUT2D eigenvalue weighted by Gasteiger charge is -2.18. The van der Waals surface area contributed by atoms with Crippen molar-refractivity contribution in [3.05, 3.63) is 87.4 Å². The molecular formula is C29H33ClN2O3. The van der Waals surface area contributed by atoms with E-state index in [0.717, 1.165) is 38.5 Å². The van der Waals surface area contributed by atoms with Crippen LogP contribution in [0.1, 0.15) is 52.5 Å². The molecule has 3 aromatic rings. The van der Waals surface area contributed by atoms with Crippen LogP contribution in [0.2, 0.25) is 5.02 Å². The van der Waals surface area contributed by atoms with Gasteiger partial charge in [-0.25, -0.2) is 0 Å². The van der Waals surface area contributed by atoms with Crippen molar-refractivity contribution < 1.29 is 14.3 Å². The standard InChI is InChI=1S/C29H33ClN2O3/c1-17-12-22(10-11-26(17)30)20(4)32-25-9-7-8-23(15-25)24-13-18(2)28(19(3)14-24)27(33)16-31-21(5)29(34)35-6/h7-15,20-21,31-32H,16H2,1-6H3/t20-,21+/m1/s1. The Morgan fingerprint density at radius 1 is 0.914 bits per heavy atom. The first-order valence-electron chi connectivity index (χ1n) is 11.7. The average molecular weight is 493 g/mol. The fourth-order valence-corrected chi connectivity index (χ4v) is 4.34. The highest BCUT2D eigenvalue weighted by Crippen LogP contribution is 2.29. The van der Waals surface area contributed by atoms with Crippen molar-refractivity contribution in [1.29, 1.82) is 0 Å². The third-order valence-electron chi connectivity index (χ3n) is 6.20. The van der Waals surface area contributed by atoms with E-state index in [9.17, 15) is 9.59 Å². The lowest BCUT2D eigenvalue weighted by molar-refractivity contribution is -0.142. The molecule has 0 spiro atoms. The first-order valence-corrected chi connectivity index (χ1v) is 12.1. The van der Waals surface area contributed by atoms with E-state index in [4.69, 9.17) is 16.3 Å². The second kappa shape index (κ2) is 11.5. The van der Waals surface area contributed by atoms with E-state index >= 15 is 0 Å². The van der Waals surface area contributed by atoms with Crippen LogP contribution in [-0.4, -0.2) is 31.4 Å². The summed E-state index contributed by atoms with van der Waals surface area (Å²) < 4.78 is 4.71. The number of hydrogen-bond acceptors (Lipinski definition) is 5. The van der Waals surface area contributed by atoms with Crippen molar-refractivity contribution in [2.45, 2.75) is 46.7 Å². The highest BCUT2D eigenvalue weighted by Gasteiger charge is 2.18. The third kappa shape index (κ3) is 6.50. The summed E-state index contributed by atoms with van der Waals surface area (Å²) in [6, 6.07) is 18.0. The van der Waals surface area contributed by atoms with Gasteiger partial charge in [-0.15, -0.1) is 0 Å². The number of carbonyl (C=O) groups excluding carboxylic acids is 2. The molecule has 0 aromatic heterocycles. The van der Waals surface area contributed by atoms with Gasteiger partial charge in [0.15, 0.2) is 5.78 Å². The van der Waals surface area contributed by atoms with E-state index in [-0.39, 0.29) is 18.4 Å². The highest BCUT2D eigenvalue weighted by atomic mass is 35.5. The van der Waals surface area contributed by atoms with Crippen molar-refractivity contribution in [3.63, 3.8) is 0 Å². The summed E-state index contributed by atoms with van der Waals surface area (Å²) in [5.74, 6) is -0.444. The van der Waals surface area contributed by atoms with Crippen LogP contribution in [0.25, 0.3) is 11.1 Å². The number of rotatable bonds is 9. The molecule has 0 amide bonds. The van der Waals surface area contributed by atoms with Gasteiger partial charge in [0.25, 0.3) is 0 Å². The predicted octanol–water partition coefficient (Wildman–Crippen LogP) is 6.44. The molecule has 2 atom stereocenters.